The van der Waals surface area contributed by atoms with Gasteiger partial charge in [-0.15, -0.1) is 0 Å². The summed E-state index contributed by atoms with van der Waals surface area (Å²) < 4.78 is 31.7. The number of hydrogen-bond donors (Lipinski definition) is 2. The van der Waals surface area contributed by atoms with E-state index in [9.17, 15) is 22.8 Å². The molecule has 0 saturated carbocycles. The zero-order valence-electron chi connectivity index (χ0n) is 6.25. The van der Waals surface area contributed by atoms with E-state index in [0.717, 1.165) is 6.92 Å². The number of rotatable bonds is 1. The van der Waals surface area contributed by atoms with Crippen LogP contribution in [0.15, 0.2) is 0 Å². The van der Waals surface area contributed by atoms with Crippen molar-refractivity contribution in [3.63, 3.8) is 0 Å². The Kier molecular flexibility index (Phi) is 5.49. The minimum Gasteiger partial charge on any atom is -0.476 e. The highest BCUT2D eigenvalue weighted by atomic mass is 19.4. The van der Waals surface area contributed by atoms with Gasteiger partial charge in [-0.3, -0.25) is 4.79 Å². The summed E-state index contributed by atoms with van der Waals surface area (Å²) in [5.41, 5.74) is 0. The Balaban J connectivity index is 0. The van der Waals surface area contributed by atoms with Crippen LogP contribution in [-0.4, -0.2) is 34.1 Å². The van der Waals surface area contributed by atoms with Gasteiger partial charge in [0.2, 0.25) is 5.78 Å². The Morgan fingerprint density at radius 3 is 1.23 bits per heavy atom. The lowest BCUT2D eigenvalue weighted by molar-refractivity contribution is -0.192. The van der Waals surface area contributed by atoms with Crippen LogP contribution >= 0.6 is 0 Å². The first-order valence-electron chi connectivity index (χ1n) is 2.63. The minimum atomic E-state index is -5.08. The number of hydrogen-bond acceptors (Lipinski definition) is 3. The summed E-state index contributed by atoms with van der Waals surface area (Å²) in [6, 6.07) is 0. The molecule has 0 aromatic carbocycles. The molecule has 0 fully saturated rings. The summed E-state index contributed by atoms with van der Waals surface area (Å²) in [6.45, 7) is 1.00. The van der Waals surface area contributed by atoms with Gasteiger partial charge in [0.05, 0.1) is 0 Å². The van der Waals surface area contributed by atoms with Crippen molar-refractivity contribution in [3.8, 4) is 0 Å². The molecule has 0 aromatic heterocycles. The van der Waals surface area contributed by atoms with E-state index in [1.807, 2.05) is 0 Å². The lowest BCUT2D eigenvalue weighted by atomic mass is 10.5. The third kappa shape index (κ3) is 10.4. The first-order chi connectivity index (χ1) is 5.59. The highest BCUT2D eigenvalue weighted by molar-refractivity contribution is 6.31. The number of alkyl halides is 3. The van der Waals surface area contributed by atoms with Crippen LogP contribution in [0.4, 0.5) is 13.2 Å². The van der Waals surface area contributed by atoms with E-state index in [-0.39, 0.29) is 0 Å². The van der Waals surface area contributed by atoms with E-state index < -0.39 is 23.9 Å². The first kappa shape index (κ1) is 14.0. The van der Waals surface area contributed by atoms with Gasteiger partial charge in [-0.05, 0) is 0 Å². The van der Waals surface area contributed by atoms with Crippen LogP contribution in [-0.2, 0) is 14.4 Å². The Morgan fingerprint density at radius 1 is 1.08 bits per heavy atom. The number of carbonyl (C=O) groups excluding carboxylic acids is 1. The molecule has 8 heteroatoms. The third-order valence-corrected chi connectivity index (χ3v) is 0.544. The van der Waals surface area contributed by atoms with Crippen LogP contribution < -0.4 is 0 Å². The van der Waals surface area contributed by atoms with Crippen molar-refractivity contribution in [3.05, 3.63) is 0 Å². The molecule has 0 rings (SSSR count). The van der Waals surface area contributed by atoms with Crippen LogP contribution in [0.3, 0.4) is 0 Å². The fraction of sp³-hybridized carbons (Fsp3) is 0.400. The average Bonchev–Trinajstić information content (AvgIpc) is 1.86. The van der Waals surface area contributed by atoms with E-state index in [1.165, 1.54) is 0 Å². The summed E-state index contributed by atoms with van der Waals surface area (Å²) in [7, 11) is 0. The highest BCUT2D eigenvalue weighted by Crippen LogP contribution is 2.13. The van der Waals surface area contributed by atoms with Crippen LogP contribution in [0.1, 0.15) is 6.92 Å². The zero-order chi connectivity index (χ0) is 11.2. The molecule has 76 valence electrons. The normalized spacial score (nSPS) is 9.54. The highest BCUT2D eigenvalue weighted by Gasteiger charge is 2.38. The molecule has 0 heterocycles. The fourth-order valence-electron chi connectivity index (χ4n) is 0. The molecule has 13 heavy (non-hydrogen) atoms. The lowest BCUT2D eigenvalue weighted by Gasteiger charge is -1.93. The summed E-state index contributed by atoms with van der Waals surface area (Å²) in [6.07, 6.45) is -5.08. The maximum absolute atomic E-state index is 10.6. The second-order valence-corrected chi connectivity index (χ2v) is 1.66. The van der Waals surface area contributed by atoms with Crippen LogP contribution in [0.5, 0.6) is 0 Å². The van der Waals surface area contributed by atoms with E-state index in [0.29, 0.717) is 0 Å². The smallest absolute Gasteiger partial charge is 0.476 e. The number of Topliss-reactive ketones (excluding diaryl/α,β-unsaturated/α-hetero) is 1. The van der Waals surface area contributed by atoms with Crippen molar-refractivity contribution in [2.24, 2.45) is 0 Å². The van der Waals surface area contributed by atoms with Gasteiger partial charge in [0, 0.05) is 6.92 Å². The van der Waals surface area contributed by atoms with Crippen molar-refractivity contribution in [2.45, 2.75) is 13.1 Å². The predicted molar refractivity (Wildman–Crippen MR) is 32.0 cm³/mol. The summed E-state index contributed by atoms with van der Waals surface area (Å²) in [4.78, 5) is 27.8. The SMILES string of the molecule is CC(=O)C(=O)O.O=C(O)C(F)(F)F. The molecule has 2 N–H and O–H groups in total. The van der Waals surface area contributed by atoms with E-state index in [1.54, 1.807) is 0 Å². The number of ketones is 1. The van der Waals surface area contributed by atoms with Crippen LogP contribution in [0, 0.1) is 0 Å². The molecular weight excluding hydrogens is 197 g/mol. The summed E-state index contributed by atoms with van der Waals surface area (Å²) in [5, 5.41) is 14.8. The van der Waals surface area contributed by atoms with Gasteiger partial charge in [0.1, 0.15) is 0 Å². The monoisotopic (exact) mass is 202 g/mol. The first-order valence-corrected chi connectivity index (χ1v) is 2.63. The lowest BCUT2D eigenvalue weighted by Crippen LogP contribution is -2.21. The van der Waals surface area contributed by atoms with Crippen molar-refractivity contribution >= 4 is 17.7 Å². The van der Waals surface area contributed by atoms with Crippen molar-refractivity contribution in [1.29, 1.82) is 0 Å². The average molecular weight is 202 g/mol. The quantitative estimate of drug-likeness (QED) is 0.596. The predicted octanol–water partition coefficient (Wildman–Crippen LogP) is 0.293. The van der Waals surface area contributed by atoms with Gasteiger partial charge in [-0.25, -0.2) is 9.59 Å². The standard InChI is InChI=1S/C3H4O3.C2HF3O2/c1-2(4)3(5)6;3-2(4,5)1(6)7/h1H3,(H,5,6);(H,6,7). The molecule has 0 aliphatic heterocycles. The third-order valence-electron chi connectivity index (χ3n) is 0.544. The summed E-state index contributed by atoms with van der Waals surface area (Å²) >= 11 is 0. The number of halogens is 3. The zero-order valence-corrected chi connectivity index (χ0v) is 6.25. The second kappa shape index (κ2) is 5.12. The number of carbonyl (C=O) groups is 3. The van der Waals surface area contributed by atoms with Gasteiger partial charge in [0.15, 0.2) is 0 Å². The Morgan fingerprint density at radius 2 is 1.23 bits per heavy atom. The molecule has 5 nitrogen and oxygen atoms in total. The van der Waals surface area contributed by atoms with Crippen molar-refractivity contribution < 1.29 is 37.8 Å². The van der Waals surface area contributed by atoms with Crippen LogP contribution in [0.25, 0.3) is 0 Å². The second-order valence-electron chi connectivity index (χ2n) is 1.66. The molecule has 0 aliphatic carbocycles. The molecule has 0 atom stereocenters. The largest absolute Gasteiger partial charge is 0.490 e. The summed E-state index contributed by atoms with van der Waals surface area (Å²) in [5.74, 6) is -4.96. The number of aliphatic carboxylic acids is 2. The maximum Gasteiger partial charge on any atom is 0.490 e. The molecule has 0 saturated heterocycles. The van der Waals surface area contributed by atoms with Gasteiger partial charge in [-0.2, -0.15) is 13.2 Å². The van der Waals surface area contributed by atoms with E-state index >= 15 is 0 Å². The Bertz CT molecular complexity index is 207. The Hall–Kier alpha value is -1.60. The van der Waals surface area contributed by atoms with Crippen molar-refractivity contribution in [1.82, 2.24) is 0 Å². The van der Waals surface area contributed by atoms with Crippen molar-refractivity contribution in [2.75, 3.05) is 0 Å². The Labute approximate surface area is 69.8 Å². The fourth-order valence-corrected chi connectivity index (χ4v) is 0. The molecule has 0 unspecified atom stereocenters. The van der Waals surface area contributed by atoms with Gasteiger partial charge < -0.3 is 10.2 Å². The molecule has 0 amide bonds. The minimum absolute atomic E-state index is 0.824. The molecule has 0 radical (unpaired) electrons. The maximum atomic E-state index is 10.6. The number of carboxylic acids is 2. The number of carboxylic acid groups (broad SMARTS) is 2. The molecule has 0 aromatic rings. The molecule has 0 spiro atoms. The topological polar surface area (TPSA) is 91.7 Å². The van der Waals surface area contributed by atoms with Gasteiger partial charge >= 0.3 is 18.1 Å². The van der Waals surface area contributed by atoms with Crippen LogP contribution in [0.2, 0.25) is 0 Å². The van der Waals surface area contributed by atoms with E-state index in [4.69, 9.17) is 15.0 Å². The molecule has 0 bridgehead atoms. The van der Waals surface area contributed by atoms with Gasteiger partial charge in [-0.1, -0.05) is 0 Å². The molecular formula is C5H5F3O5. The van der Waals surface area contributed by atoms with E-state index in [2.05, 4.69) is 0 Å². The van der Waals surface area contributed by atoms with Gasteiger partial charge in [0.25, 0.3) is 0 Å². The molecule has 0 aliphatic rings.